The lowest BCUT2D eigenvalue weighted by Crippen LogP contribution is -2.42. The van der Waals surface area contributed by atoms with Crippen LogP contribution in [0.3, 0.4) is 0 Å². The first-order valence-electron chi connectivity index (χ1n) is 10.5. The van der Waals surface area contributed by atoms with Gasteiger partial charge in [0.15, 0.2) is 0 Å². The zero-order valence-corrected chi connectivity index (χ0v) is 15.9. The summed E-state index contributed by atoms with van der Waals surface area (Å²) in [4.78, 5) is 0. The molecule has 0 aromatic rings. The molecule has 3 saturated carbocycles. The molecule has 3 aliphatic rings. The molecule has 142 valence electrons. The molecule has 0 amide bonds. The fourth-order valence-corrected chi connectivity index (χ4v) is 5.41. The van der Waals surface area contributed by atoms with Crippen molar-refractivity contribution in [1.29, 1.82) is 0 Å². The fourth-order valence-electron chi connectivity index (χ4n) is 5.41. The van der Waals surface area contributed by atoms with Gasteiger partial charge in [0.2, 0.25) is 0 Å². The normalized spacial score (nSPS) is 46.8. The number of hydrogen-bond donors (Lipinski definition) is 1. The number of aliphatic hydroxyl groups excluding tert-OH is 1. The maximum absolute atomic E-state index is 13.7. The van der Waals surface area contributed by atoms with E-state index in [9.17, 15) is 13.9 Å². The van der Waals surface area contributed by atoms with E-state index in [0.29, 0.717) is 18.8 Å². The summed E-state index contributed by atoms with van der Waals surface area (Å²) in [5, 5.41) is 9.45. The lowest BCUT2D eigenvalue weighted by molar-refractivity contribution is -0.0504. The molecule has 0 heterocycles. The number of halogens is 2. The molecule has 0 radical (unpaired) electrons. The van der Waals surface area contributed by atoms with Crippen molar-refractivity contribution >= 4 is 0 Å². The predicted molar refractivity (Wildman–Crippen MR) is 96.4 cm³/mol. The van der Waals surface area contributed by atoms with Crippen molar-refractivity contribution in [3.05, 3.63) is 0 Å². The Hall–Kier alpha value is -0.180. The molecule has 2 unspecified atom stereocenters. The lowest BCUT2D eigenvalue weighted by Gasteiger charge is -2.42. The second-order valence-corrected chi connectivity index (χ2v) is 8.45. The third kappa shape index (κ3) is 4.93. The maximum Gasteiger partial charge on any atom is 0.129 e. The van der Waals surface area contributed by atoms with Crippen LogP contribution in [-0.2, 0) is 0 Å². The highest BCUT2D eigenvalue weighted by Crippen LogP contribution is 2.45. The highest BCUT2D eigenvalue weighted by molar-refractivity contribution is 4.91. The Labute approximate surface area is 147 Å². The third-order valence-electron chi connectivity index (χ3n) is 7.01. The summed E-state index contributed by atoms with van der Waals surface area (Å²) in [5.74, 6) is 3.32. The summed E-state index contributed by atoms with van der Waals surface area (Å²) in [5.41, 5.74) is 0. The van der Waals surface area contributed by atoms with Gasteiger partial charge >= 0.3 is 0 Å². The van der Waals surface area contributed by atoms with Crippen LogP contribution in [0.1, 0.15) is 85.0 Å². The van der Waals surface area contributed by atoms with E-state index in [1.807, 2.05) is 13.8 Å². The summed E-state index contributed by atoms with van der Waals surface area (Å²) in [7, 11) is 0. The van der Waals surface area contributed by atoms with Crippen molar-refractivity contribution in [3.8, 4) is 0 Å². The van der Waals surface area contributed by atoms with Crippen LogP contribution >= 0.6 is 0 Å². The quantitative estimate of drug-likeness (QED) is 0.642. The van der Waals surface area contributed by atoms with Crippen LogP contribution in [0.4, 0.5) is 8.78 Å². The van der Waals surface area contributed by atoms with Gasteiger partial charge in [0.1, 0.15) is 18.4 Å². The minimum Gasteiger partial charge on any atom is -0.387 e. The number of rotatable bonds is 2. The molecule has 3 fully saturated rings. The topological polar surface area (TPSA) is 20.2 Å². The Morgan fingerprint density at radius 3 is 1.38 bits per heavy atom. The number of aliphatic hydroxyl groups is 1. The molecule has 0 aromatic carbocycles. The highest BCUT2D eigenvalue weighted by atomic mass is 19.1. The Bertz CT molecular complexity index is 334. The average Bonchev–Trinajstić information content (AvgIpc) is 2.62. The first-order valence-corrected chi connectivity index (χ1v) is 10.5. The van der Waals surface area contributed by atoms with Gasteiger partial charge in [-0.3, -0.25) is 0 Å². The highest BCUT2D eigenvalue weighted by Gasteiger charge is 2.41. The van der Waals surface area contributed by atoms with Crippen molar-refractivity contribution in [2.24, 2.45) is 29.6 Å². The summed E-state index contributed by atoms with van der Waals surface area (Å²) in [6.45, 7) is 6.37. The van der Waals surface area contributed by atoms with Crippen molar-refractivity contribution in [2.45, 2.75) is 103 Å². The van der Waals surface area contributed by atoms with E-state index in [-0.39, 0.29) is 5.92 Å². The largest absolute Gasteiger partial charge is 0.387 e. The predicted octanol–water partition coefficient (Wildman–Crippen LogP) is 6.09. The van der Waals surface area contributed by atoms with Gasteiger partial charge in [0, 0.05) is 0 Å². The van der Waals surface area contributed by atoms with Crippen LogP contribution in [0.15, 0.2) is 0 Å². The number of hydrogen-bond acceptors (Lipinski definition) is 1. The molecule has 0 saturated heterocycles. The summed E-state index contributed by atoms with van der Waals surface area (Å²) in [6, 6.07) is 0. The van der Waals surface area contributed by atoms with Crippen LogP contribution < -0.4 is 0 Å². The molecule has 0 aromatic heterocycles. The molecule has 24 heavy (non-hydrogen) atoms. The van der Waals surface area contributed by atoms with E-state index in [1.165, 1.54) is 38.5 Å². The zero-order valence-electron chi connectivity index (χ0n) is 15.9. The first kappa shape index (κ1) is 20.1. The Morgan fingerprint density at radius 1 is 0.625 bits per heavy atom. The molecule has 1 N–H and O–H groups in total. The van der Waals surface area contributed by atoms with Crippen LogP contribution in [0.25, 0.3) is 0 Å². The molecule has 2 atom stereocenters. The average molecular weight is 345 g/mol. The van der Waals surface area contributed by atoms with Crippen molar-refractivity contribution in [2.75, 3.05) is 0 Å². The first-order chi connectivity index (χ1) is 11.5. The molecule has 0 bridgehead atoms. The minimum absolute atomic E-state index is 0.153. The van der Waals surface area contributed by atoms with Gasteiger partial charge in [0.05, 0.1) is 0 Å². The van der Waals surface area contributed by atoms with Crippen LogP contribution in [0, 0.1) is 29.6 Å². The second kappa shape index (κ2) is 9.50. The summed E-state index contributed by atoms with van der Waals surface area (Å²) in [6.07, 6.45) is 7.04. The summed E-state index contributed by atoms with van der Waals surface area (Å²) >= 11 is 0. The van der Waals surface area contributed by atoms with E-state index >= 15 is 0 Å². The molecule has 0 spiro atoms. The van der Waals surface area contributed by atoms with E-state index in [0.717, 1.165) is 30.6 Å². The van der Waals surface area contributed by atoms with E-state index in [1.54, 1.807) is 0 Å². The zero-order chi connectivity index (χ0) is 17.7. The minimum atomic E-state index is -1.38. The third-order valence-corrected chi connectivity index (χ3v) is 7.01. The Morgan fingerprint density at radius 2 is 0.958 bits per heavy atom. The van der Waals surface area contributed by atoms with Crippen LogP contribution in [0.2, 0.25) is 0 Å². The van der Waals surface area contributed by atoms with E-state index < -0.39 is 18.4 Å². The molecule has 1 nitrogen and oxygen atoms in total. The lowest BCUT2D eigenvalue weighted by atomic mass is 9.65. The summed E-state index contributed by atoms with van der Waals surface area (Å²) < 4.78 is 27.5. The van der Waals surface area contributed by atoms with Crippen molar-refractivity contribution in [1.82, 2.24) is 0 Å². The molecule has 3 aliphatic carbocycles. The van der Waals surface area contributed by atoms with Gasteiger partial charge in [-0.2, -0.15) is 0 Å². The Kier molecular flexibility index (Phi) is 7.97. The van der Waals surface area contributed by atoms with Crippen LogP contribution in [-0.4, -0.2) is 23.6 Å². The Balaban J connectivity index is 0.00000100. The SMILES string of the molecule is CC.CC1CCC(C2CCC(C3CC(F)C(O)C(F)C3)CC2)CC1. The smallest absolute Gasteiger partial charge is 0.129 e. The molecular weight excluding hydrogens is 306 g/mol. The van der Waals surface area contributed by atoms with Crippen LogP contribution in [0.5, 0.6) is 0 Å². The van der Waals surface area contributed by atoms with Crippen molar-refractivity contribution in [3.63, 3.8) is 0 Å². The van der Waals surface area contributed by atoms with Gasteiger partial charge in [-0.25, -0.2) is 8.78 Å². The molecular formula is C21H38F2O. The second-order valence-electron chi connectivity index (χ2n) is 8.45. The van der Waals surface area contributed by atoms with Crippen molar-refractivity contribution < 1.29 is 13.9 Å². The monoisotopic (exact) mass is 344 g/mol. The fraction of sp³-hybridized carbons (Fsp3) is 1.00. The standard InChI is InChI=1S/C19H32F2O.C2H6/c1-12-2-4-13(5-3-12)14-6-8-15(9-7-14)16-10-17(20)19(22)18(21)11-16;1-2/h12-19,22H,2-11H2,1H3;1-2H3. The van der Waals surface area contributed by atoms with Gasteiger partial charge in [-0.1, -0.05) is 33.6 Å². The molecule has 3 rings (SSSR count). The van der Waals surface area contributed by atoms with Gasteiger partial charge in [-0.05, 0) is 81.0 Å². The number of alkyl halides is 2. The van der Waals surface area contributed by atoms with Gasteiger partial charge in [0.25, 0.3) is 0 Å². The van der Waals surface area contributed by atoms with Gasteiger partial charge < -0.3 is 5.11 Å². The van der Waals surface area contributed by atoms with Gasteiger partial charge in [-0.15, -0.1) is 0 Å². The molecule has 3 heteroatoms. The molecule has 0 aliphatic heterocycles. The van der Waals surface area contributed by atoms with E-state index in [2.05, 4.69) is 6.92 Å². The van der Waals surface area contributed by atoms with E-state index in [4.69, 9.17) is 0 Å². The maximum atomic E-state index is 13.7.